The Bertz CT molecular complexity index is 953. The lowest BCUT2D eigenvalue weighted by Gasteiger charge is -2.11. The van der Waals surface area contributed by atoms with Crippen LogP contribution < -0.4 is 21.7 Å². The molecule has 7 nitrogen and oxygen atoms in total. The Kier molecular flexibility index (Phi) is 5.44. The van der Waals surface area contributed by atoms with Crippen LogP contribution in [0.25, 0.3) is 10.6 Å². The lowest BCUT2D eigenvalue weighted by Crippen LogP contribution is -2.44. The minimum atomic E-state index is -0.292. The summed E-state index contributed by atoms with van der Waals surface area (Å²) in [5.41, 5.74) is 6.79. The number of thiophene rings is 2. The smallest absolute Gasteiger partial charge is 0.266 e. The highest BCUT2D eigenvalue weighted by Gasteiger charge is 2.30. The second-order valence-corrected chi connectivity index (χ2v) is 8.12. The molecule has 27 heavy (non-hydrogen) atoms. The predicted octanol–water partition coefficient (Wildman–Crippen LogP) is 1.76. The predicted molar refractivity (Wildman–Crippen MR) is 107 cm³/mol. The van der Waals surface area contributed by atoms with Gasteiger partial charge in [-0.25, -0.2) is 15.5 Å². The summed E-state index contributed by atoms with van der Waals surface area (Å²) < 4.78 is 1.39. The largest absolute Gasteiger partial charge is 0.353 e. The molecule has 1 aliphatic rings. The van der Waals surface area contributed by atoms with Crippen LogP contribution in [0.1, 0.15) is 17.3 Å². The number of nitrogens with zero attached hydrogens (tertiary/aromatic N) is 2. The highest BCUT2D eigenvalue weighted by atomic mass is 32.1. The zero-order valence-electron chi connectivity index (χ0n) is 14.4. The van der Waals surface area contributed by atoms with Crippen molar-refractivity contribution in [2.24, 2.45) is 0 Å². The summed E-state index contributed by atoms with van der Waals surface area (Å²) in [6.45, 7) is 0.680. The number of carbonyl (C=O) groups excluding carboxylic acids is 1. The zero-order valence-corrected chi connectivity index (χ0v) is 16.1. The Morgan fingerprint density at radius 2 is 2.04 bits per heavy atom. The third-order valence-corrected chi connectivity index (χ3v) is 6.25. The summed E-state index contributed by atoms with van der Waals surface area (Å²) in [4.78, 5) is 26.6. The first kappa shape index (κ1) is 18.1. The first-order valence-electron chi connectivity index (χ1n) is 8.65. The van der Waals surface area contributed by atoms with Crippen LogP contribution in [-0.2, 0) is 11.3 Å². The molecule has 9 heteroatoms. The molecular weight excluding hydrogens is 382 g/mol. The second kappa shape index (κ2) is 8.13. The minimum Gasteiger partial charge on any atom is -0.353 e. The number of amides is 1. The van der Waals surface area contributed by atoms with E-state index < -0.39 is 0 Å². The SMILES string of the molecule is O=C(NCCn1nc(-c2cccs2)ccc1=O)C1CC(c2cccs2)NN1. The molecule has 0 spiro atoms. The van der Waals surface area contributed by atoms with Gasteiger partial charge in [0.1, 0.15) is 11.7 Å². The van der Waals surface area contributed by atoms with E-state index in [4.69, 9.17) is 0 Å². The fourth-order valence-corrected chi connectivity index (χ4v) is 4.46. The Hall–Kier alpha value is -2.33. The lowest BCUT2D eigenvalue weighted by molar-refractivity contribution is -0.122. The summed E-state index contributed by atoms with van der Waals surface area (Å²) in [6.07, 6.45) is 0.693. The van der Waals surface area contributed by atoms with Gasteiger partial charge in [-0.1, -0.05) is 12.1 Å². The molecule has 0 aliphatic carbocycles. The number of carbonyl (C=O) groups is 1. The average molecular weight is 402 g/mol. The van der Waals surface area contributed by atoms with E-state index in [-0.39, 0.29) is 23.6 Å². The maximum Gasteiger partial charge on any atom is 0.266 e. The van der Waals surface area contributed by atoms with Crippen molar-refractivity contribution < 1.29 is 4.79 Å². The van der Waals surface area contributed by atoms with Crippen molar-refractivity contribution in [2.45, 2.75) is 25.0 Å². The van der Waals surface area contributed by atoms with Crippen LogP contribution in [-0.4, -0.2) is 28.3 Å². The maximum absolute atomic E-state index is 12.4. The molecule has 0 radical (unpaired) electrons. The van der Waals surface area contributed by atoms with Crippen molar-refractivity contribution in [1.82, 2.24) is 25.9 Å². The number of aromatic nitrogens is 2. The topological polar surface area (TPSA) is 88.0 Å². The summed E-state index contributed by atoms with van der Waals surface area (Å²) in [7, 11) is 0. The van der Waals surface area contributed by atoms with Gasteiger partial charge in [0.05, 0.1) is 17.5 Å². The first-order chi connectivity index (χ1) is 13.2. The fraction of sp³-hybridized carbons (Fsp3) is 0.278. The van der Waals surface area contributed by atoms with Crippen LogP contribution in [0.2, 0.25) is 0 Å². The molecule has 2 atom stereocenters. The Morgan fingerprint density at radius 1 is 1.19 bits per heavy atom. The quantitative estimate of drug-likeness (QED) is 0.586. The van der Waals surface area contributed by atoms with Gasteiger partial charge in [0, 0.05) is 17.5 Å². The van der Waals surface area contributed by atoms with Gasteiger partial charge in [0.25, 0.3) is 5.56 Å². The normalized spacial score (nSPS) is 19.3. The van der Waals surface area contributed by atoms with Crippen molar-refractivity contribution in [3.8, 4) is 10.6 Å². The zero-order chi connectivity index (χ0) is 18.6. The Morgan fingerprint density at radius 3 is 2.81 bits per heavy atom. The lowest BCUT2D eigenvalue weighted by atomic mass is 10.1. The molecule has 3 aromatic heterocycles. The number of hydrogen-bond donors (Lipinski definition) is 3. The van der Waals surface area contributed by atoms with Crippen LogP contribution in [0.15, 0.2) is 52.0 Å². The van der Waals surface area contributed by atoms with Gasteiger partial charge in [-0.05, 0) is 35.4 Å². The third kappa shape index (κ3) is 4.16. The molecule has 140 valence electrons. The molecule has 1 saturated heterocycles. The van der Waals surface area contributed by atoms with Crippen molar-refractivity contribution in [3.05, 3.63) is 62.4 Å². The van der Waals surface area contributed by atoms with Crippen molar-refractivity contribution in [3.63, 3.8) is 0 Å². The molecule has 0 bridgehead atoms. The summed E-state index contributed by atoms with van der Waals surface area (Å²) in [5.74, 6) is -0.0796. The van der Waals surface area contributed by atoms with E-state index in [0.29, 0.717) is 19.5 Å². The number of nitrogens with one attached hydrogen (secondary N) is 3. The van der Waals surface area contributed by atoms with Gasteiger partial charge < -0.3 is 5.32 Å². The number of hydrogen-bond acceptors (Lipinski definition) is 7. The van der Waals surface area contributed by atoms with Gasteiger partial charge in [-0.2, -0.15) is 5.10 Å². The summed E-state index contributed by atoms with van der Waals surface area (Å²) in [6, 6.07) is 11.1. The monoisotopic (exact) mass is 401 g/mol. The molecular formula is C18H19N5O2S2. The highest BCUT2D eigenvalue weighted by Crippen LogP contribution is 2.26. The molecule has 3 N–H and O–H groups in total. The summed E-state index contributed by atoms with van der Waals surface area (Å²) in [5, 5.41) is 11.3. The van der Waals surface area contributed by atoms with Crippen LogP contribution in [0.3, 0.4) is 0 Å². The van der Waals surface area contributed by atoms with Gasteiger partial charge in [0.2, 0.25) is 5.91 Å². The molecule has 0 aromatic carbocycles. The minimum absolute atomic E-state index is 0.0796. The van der Waals surface area contributed by atoms with E-state index in [1.807, 2.05) is 29.0 Å². The average Bonchev–Trinajstić information content (AvgIpc) is 3.43. The van der Waals surface area contributed by atoms with Crippen LogP contribution in [0.5, 0.6) is 0 Å². The van der Waals surface area contributed by atoms with Gasteiger partial charge in [-0.3, -0.25) is 9.59 Å². The number of rotatable bonds is 6. The molecule has 1 aliphatic heterocycles. The maximum atomic E-state index is 12.4. The van der Waals surface area contributed by atoms with Gasteiger partial charge in [0.15, 0.2) is 0 Å². The van der Waals surface area contributed by atoms with E-state index in [1.165, 1.54) is 15.6 Å². The molecule has 4 rings (SSSR count). The molecule has 4 heterocycles. The number of hydrazine groups is 1. The van der Waals surface area contributed by atoms with Gasteiger partial charge >= 0.3 is 0 Å². The van der Waals surface area contributed by atoms with Gasteiger partial charge in [-0.15, -0.1) is 22.7 Å². The van der Waals surface area contributed by atoms with Crippen LogP contribution >= 0.6 is 22.7 Å². The van der Waals surface area contributed by atoms with Crippen LogP contribution in [0, 0.1) is 0 Å². The van der Waals surface area contributed by atoms with Crippen molar-refractivity contribution in [2.75, 3.05) is 6.54 Å². The van der Waals surface area contributed by atoms with E-state index >= 15 is 0 Å². The fourth-order valence-electron chi connectivity index (χ4n) is 2.98. The molecule has 1 fully saturated rings. The highest BCUT2D eigenvalue weighted by molar-refractivity contribution is 7.13. The standard InChI is InChI=1S/C18H19N5O2S2/c24-17-6-5-12(15-3-1-9-26-15)22-23(17)8-7-19-18(25)14-11-13(20-21-14)16-4-2-10-27-16/h1-6,9-10,13-14,20-21H,7-8,11H2,(H,19,25). The van der Waals surface area contributed by atoms with Crippen LogP contribution in [0.4, 0.5) is 0 Å². The van der Waals surface area contributed by atoms with E-state index in [2.05, 4.69) is 27.3 Å². The second-order valence-electron chi connectivity index (χ2n) is 6.19. The Labute approximate surface area is 164 Å². The van der Waals surface area contributed by atoms with E-state index in [0.717, 1.165) is 10.6 Å². The molecule has 2 unspecified atom stereocenters. The van der Waals surface area contributed by atoms with E-state index in [1.54, 1.807) is 28.7 Å². The first-order valence-corrected chi connectivity index (χ1v) is 10.4. The molecule has 1 amide bonds. The Balaban J connectivity index is 1.32. The summed E-state index contributed by atoms with van der Waals surface area (Å²) >= 11 is 3.24. The third-order valence-electron chi connectivity index (χ3n) is 4.37. The van der Waals surface area contributed by atoms with Crippen molar-refractivity contribution in [1.29, 1.82) is 0 Å². The molecule has 3 aromatic rings. The van der Waals surface area contributed by atoms with E-state index in [9.17, 15) is 9.59 Å². The van der Waals surface area contributed by atoms with Crippen molar-refractivity contribution >= 4 is 28.6 Å². The molecule has 0 saturated carbocycles.